The number of likely N-dealkylation sites (tertiary alicyclic amines) is 1. The minimum Gasteiger partial charge on any atom is -0.347 e. The van der Waals surface area contributed by atoms with Gasteiger partial charge in [0.25, 0.3) is 5.91 Å². The van der Waals surface area contributed by atoms with Crippen LogP contribution in [0.2, 0.25) is 0 Å². The molecule has 3 aromatic rings. The van der Waals surface area contributed by atoms with Crippen LogP contribution in [-0.2, 0) is 7.05 Å². The van der Waals surface area contributed by atoms with Crippen molar-refractivity contribution >= 4 is 32.7 Å². The first kappa shape index (κ1) is 18.3. The summed E-state index contributed by atoms with van der Waals surface area (Å²) in [6.45, 7) is 4.11. The number of aromatic nitrogens is 1. The predicted molar refractivity (Wildman–Crippen MR) is 113 cm³/mol. The van der Waals surface area contributed by atoms with Gasteiger partial charge in [0.15, 0.2) is 0 Å². The fraction of sp³-hybridized carbons (Fsp3) is 0.318. The summed E-state index contributed by atoms with van der Waals surface area (Å²) in [4.78, 5) is 15.4. The van der Waals surface area contributed by atoms with Crippen LogP contribution in [0.25, 0.3) is 10.9 Å². The molecule has 0 spiro atoms. The highest BCUT2D eigenvalue weighted by Gasteiger charge is 2.29. The average Bonchev–Trinajstić information content (AvgIpc) is 3.25. The van der Waals surface area contributed by atoms with E-state index >= 15 is 0 Å². The van der Waals surface area contributed by atoms with Gasteiger partial charge in [-0.25, -0.2) is 0 Å². The van der Waals surface area contributed by atoms with Crippen molar-refractivity contribution in [2.45, 2.75) is 25.4 Å². The Morgan fingerprint density at radius 2 is 1.85 bits per heavy atom. The molecular formula is C22H24BrN3O. The van der Waals surface area contributed by atoms with Gasteiger partial charge in [-0.2, -0.15) is 0 Å². The molecule has 1 fully saturated rings. The van der Waals surface area contributed by atoms with Crippen LogP contribution in [0.4, 0.5) is 0 Å². The quantitative estimate of drug-likeness (QED) is 0.667. The number of fused-ring (bicyclic) bond motifs is 1. The SMILES string of the molecule is CC(c1ccccc1)N1CCC(NC(=O)c2c(Br)c3ccccc3n2C)C1. The minimum atomic E-state index is -0.0141. The molecule has 1 aliphatic heterocycles. The summed E-state index contributed by atoms with van der Waals surface area (Å²) in [7, 11) is 1.94. The summed E-state index contributed by atoms with van der Waals surface area (Å²) in [5.41, 5.74) is 3.06. The molecule has 0 saturated carbocycles. The summed E-state index contributed by atoms with van der Waals surface area (Å²) >= 11 is 3.63. The van der Waals surface area contributed by atoms with Crippen molar-refractivity contribution in [1.82, 2.24) is 14.8 Å². The zero-order valence-corrected chi connectivity index (χ0v) is 17.2. The van der Waals surface area contributed by atoms with E-state index < -0.39 is 0 Å². The third-order valence-electron chi connectivity index (χ3n) is 5.64. The lowest BCUT2D eigenvalue weighted by Crippen LogP contribution is -2.38. The summed E-state index contributed by atoms with van der Waals surface area (Å²) in [5, 5.41) is 4.31. The Hall–Kier alpha value is -2.11. The van der Waals surface area contributed by atoms with E-state index in [2.05, 4.69) is 57.3 Å². The van der Waals surface area contributed by atoms with E-state index in [9.17, 15) is 4.79 Å². The number of hydrogen-bond acceptors (Lipinski definition) is 2. The Bertz CT molecular complexity index is 927. The van der Waals surface area contributed by atoms with E-state index in [0.29, 0.717) is 11.7 Å². The van der Waals surface area contributed by atoms with Crippen LogP contribution in [-0.4, -0.2) is 34.5 Å². The van der Waals surface area contributed by atoms with Crippen LogP contribution in [0.3, 0.4) is 0 Å². The van der Waals surface area contributed by atoms with E-state index in [1.165, 1.54) is 5.56 Å². The maximum Gasteiger partial charge on any atom is 0.269 e. The largest absolute Gasteiger partial charge is 0.347 e. The van der Waals surface area contributed by atoms with Crippen LogP contribution in [0, 0.1) is 0 Å². The highest BCUT2D eigenvalue weighted by atomic mass is 79.9. The van der Waals surface area contributed by atoms with Crippen LogP contribution in [0.15, 0.2) is 59.1 Å². The fourth-order valence-corrected chi connectivity index (χ4v) is 4.83. The third-order valence-corrected chi connectivity index (χ3v) is 6.45. The molecule has 2 heterocycles. The molecule has 4 rings (SSSR count). The Morgan fingerprint density at radius 1 is 1.15 bits per heavy atom. The van der Waals surface area contributed by atoms with Crippen molar-refractivity contribution in [3.05, 3.63) is 70.3 Å². The number of halogens is 1. The number of nitrogens with zero attached hydrogens (tertiary/aromatic N) is 2. The summed E-state index contributed by atoms with van der Waals surface area (Å²) in [6.07, 6.45) is 0.977. The topological polar surface area (TPSA) is 37.3 Å². The van der Waals surface area contributed by atoms with Crippen LogP contribution < -0.4 is 5.32 Å². The van der Waals surface area contributed by atoms with Crippen molar-refractivity contribution in [1.29, 1.82) is 0 Å². The monoisotopic (exact) mass is 425 g/mol. The minimum absolute atomic E-state index is 0.0141. The van der Waals surface area contributed by atoms with Gasteiger partial charge in [0.05, 0.1) is 4.47 Å². The van der Waals surface area contributed by atoms with Crippen molar-refractivity contribution in [2.24, 2.45) is 7.05 Å². The molecule has 2 aromatic carbocycles. The molecule has 140 valence electrons. The maximum absolute atomic E-state index is 13.0. The van der Waals surface area contributed by atoms with Crippen molar-refractivity contribution < 1.29 is 4.79 Å². The molecule has 1 saturated heterocycles. The lowest BCUT2D eigenvalue weighted by Gasteiger charge is -2.24. The van der Waals surface area contributed by atoms with E-state index in [-0.39, 0.29) is 11.9 Å². The van der Waals surface area contributed by atoms with Gasteiger partial charge in [0.1, 0.15) is 5.69 Å². The highest BCUT2D eigenvalue weighted by Crippen LogP contribution is 2.30. The molecule has 5 heteroatoms. The molecule has 1 aromatic heterocycles. The number of carbonyl (C=O) groups excluding carboxylic acids is 1. The number of hydrogen-bond donors (Lipinski definition) is 1. The second kappa shape index (κ2) is 7.49. The smallest absolute Gasteiger partial charge is 0.269 e. The molecular weight excluding hydrogens is 402 g/mol. The molecule has 1 aliphatic rings. The van der Waals surface area contributed by atoms with Gasteiger partial charge in [0, 0.05) is 43.1 Å². The number of carbonyl (C=O) groups is 1. The number of rotatable bonds is 4. The van der Waals surface area contributed by atoms with Gasteiger partial charge >= 0.3 is 0 Å². The molecule has 0 aliphatic carbocycles. The van der Waals surface area contributed by atoms with Crippen molar-refractivity contribution in [2.75, 3.05) is 13.1 Å². The van der Waals surface area contributed by atoms with Crippen LogP contribution in [0.5, 0.6) is 0 Å². The molecule has 2 unspecified atom stereocenters. The zero-order valence-electron chi connectivity index (χ0n) is 15.7. The number of benzene rings is 2. The van der Waals surface area contributed by atoms with Gasteiger partial charge in [-0.05, 0) is 40.9 Å². The van der Waals surface area contributed by atoms with Crippen molar-refractivity contribution in [3.8, 4) is 0 Å². The molecule has 1 amide bonds. The third kappa shape index (κ3) is 3.42. The van der Waals surface area contributed by atoms with Gasteiger partial charge in [-0.3, -0.25) is 9.69 Å². The van der Waals surface area contributed by atoms with Crippen molar-refractivity contribution in [3.63, 3.8) is 0 Å². The first-order valence-electron chi connectivity index (χ1n) is 9.39. The average molecular weight is 426 g/mol. The Morgan fingerprint density at radius 3 is 2.59 bits per heavy atom. The van der Waals surface area contributed by atoms with Crippen LogP contribution in [0.1, 0.15) is 35.4 Å². The normalized spacial score (nSPS) is 18.7. The highest BCUT2D eigenvalue weighted by molar-refractivity contribution is 9.10. The van der Waals surface area contributed by atoms with E-state index in [1.807, 2.05) is 41.9 Å². The molecule has 2 atom stereocenters. The summed E-state index contributed by atoms with van der Waals surface area (Å²) in [5.74, 6) is -0.0141. The maximum atomic E-state index is 13.0. The number of amides is 1. The fourth-order valence-electron chi connectivity index (χ4n) is 4.05. The Balaban J connectivity index is 1.47. The number of para-hydroxylation sites is 1. The first-order valence-corrected chi connectivity index (χ1v) is 10.2. The predicted octanol–water partition coefficient (Wildman–Crippen LogP) is 4.51. The summed E-state index contributed by atoms with van der Waals surface area (Å²) in [6, 6.07) is 19.1. The zero-order chi connectivity index (χ0) is 19.0. The molecule has 1 N–H and O–H groups in total. The molecule has 27 heavy (non-hydrogen) atoms. The van der Waals surface area contributed by atoms with Gasteiger partial charge < -0.3 is 9.88 Å². The summed E-state index contributed by atoms with van der Waals surface area (Å²) < 4.78 is 2.83. The molecule has 0 bridgehead atoms. The van der Waals surface area contributed by atoms with Gasteiger partial charge in [0.2, 0.25) is 0 Å². The second-order valence-corrected chi connectivity index (χ2v) is 8.07. The Kier molecular flexibility index (Phi) is 5.06. The molecule has 4 nitrogen and oxygen atoms in total. The van der Waals surface area contributed by atoms with Crippen LogP contribution >= 0.6 is 15.9 Å². The van der Waals surface area contributed by atoms with Gasteiger partial charge in [-0.15, -0.1) is 0 Å². The molecule has 0 radical (unpaired) electrons. The van der Waals surface area contributed by atoms with Gasteiger partial charge in [-0.1, -0.05) is 48.5 Å². The lowest BCUT2D eigenvalue weighted by atomic mass is 10.1. The number of nitrogens with one attached hydrogen (secondary N) is 1. The van der Waals surface area contributed by atoms with E-state index in [0.717, 1.165) is 34.9 Å². The van der Waals surface area contributed by atoms with E-state index in [1.54, 1.807) is 0 Å². The van der Waals surface area contributed by atoms with E-state index in [4.69, 9.17) is 0 Å². The lowest BCUT2D eigenvalue weighted by molar-refractivity contribution is 0.0928. The second-order valence-electron chi connectivity index (χ2n) is 7.28. The first-order chi connectivity index (χ1) is 13.1. The standard InChI is InChI=1S/C22H24BrN3O/c1-15(16-8-4-3-5-9-16)26-13-12-17(14-26)24-22(27)21-20(23)18-10-6-7-11-19(18)25(21)2/h3-11,15,17H,12-14H2,1-2H3,(H,24,27). The Labute approximate surface area is 168 Å². The number of aryl methyl sites for hydroxylation is 1.